The first-order valence-corrected chi connectivity index (χ1v) is 13.6. The van der Waals surface area contributed by atoms with Crippen LogP contribution in [-0.2, 0) is 30.4 Å². The van der Waals surface area contributed by atoms with Crippen molar-refractivity contribution in [1.82, 2.24) is 12.3 Å². The predicted octanol–water partition coefficient (Wildman–Crippen LogP) is 1.96. The van der Waals surface area contributed by atoms with Gasteiger partial charge < -0.3 is 32.9 Å². The molecule has 0 radical (unpaired) electrons. The second kappa shape index (κ2) is 10.5. The number of benzene rings is 2. The molecule has 1 aliphatic carbocycles. The van der Waals surface area contributed by atoms with Gasteiger partial charge in [-0.1, -0.05) is 12.1 Å². The summed E-state index contributed by atoms with van der Waals surface area (Å²) in [6.07, 6.45) is 2.16. The van der Waals surface area contributed by atoms with Gasteiger partial charge in [0.05, 0.1) is 21.2 Å². The Kier molecular flexibility index (Phi) is 8.99. The van der Waals surface area contributed by atoms with Crippen LogP contribution in [0.5, 0.6) is 0 Å². The second-order valence-corrected chi connectivity index (χ2v) is 11.5. The smallest absolute Gasteiger partial charge is 0.296 e. The van der Waals surface area contributed by atoms with Gasteiger partial charge in [-0.3, -0.25) is 9.96 Å². The van der Waals surface area contributed by atoms with E-state index in [1.54, 1.807) is 0 Å². The van der Waals surface area contributed by atoms with Gasteiger partial charge in [0.15, 0.2) is 0 Å². The predicted molar refractivity (Wildman–Crippen MR) is 137 cm³/mol. The van der Waals surface area contributed by atoms with Gasteiger partial charge in [-0.25, -0.2) is 16.8 Å². The molecular formula is C20H25N5O9S3. The minimum absolute atomic E-state index is 0. The van der Waals surface area contributed by atoms with E-state index in [0.717, 1.165) is 30.3 Å². The first kappa shape index (κ1) is 31.6. The Morgan fingerprint density at radius 2 is 1.27 bits per heavy atom. The third-order valence-electron chi connectivity index (χ3n) is 5.01. The fourth-order valence-corrected chi connectivity index (χ4v) is 5.37. The molecular weight excluding hydrogens is 550 g/mol. The number of hydrogen-bond acceptors (Lipinski definition) is 11. The van der Waals surface area contributed by atoms with Crippen LogP contribution in [0, 0.1) is 5.41 Å². The van der Waals surface area contributed by atoms with Gasteiger partial charge in [0.1, 0.15) is 25.1 Å². The summed E-state index contributed by atoms with van der Waals surface area (Å²) in [5, 5.41) is 7.93. The third-order valence-corrected chi connectivity index (χ3v) is 7.67. The molecule has 17 heteroatoms. The van der Waals surface area contributed by atoms with Crippen LogP contribution in [-0.4, -0.2) is 44.6 Å². The minimum atomic E-state index is -5.13. The molecule has 0 aliphatic heterocycles. The normalized spacial score (nSPS) is 15.6. The van der Waals surface area contributed by atoms with Crippen LogP contribution in [0.2, 0.25) is 0 Å². The zero-order valence-corrected chi connectivity index (χ0v) is 22.2. The second-order valence-electron chi connectivity index (χ2n) is 7.43. The van der Waals surface area contributed by atoms with Crippen molar-refractivity contribution in [3.8, 4) is 0 Å². The number of hydrogen-bond donors (Lipinski definition) is 6. The summed E-state index contributed by atoms with van der Waals surface area (Å²) in [4.78, 5) is -2.39. The number of allylic oxidation sites excluding steroid dienone is 5. The Bertz CT molecular complexity index is 1620. The van der Waals surface area contributed by atoms with Crippen molar-refractivity contribution < 1.29 is 38.9 Å². The Hall–Kier alpha value is -3.42. The molecule has 37 heavy (non-hydrogen) atoms. The first-order chi connectivity index (χ1) is 15.9. The zero-order chi connectivity index (χ0) is 26.5. The highest BCUT2D eigenvalue weighted by Gasteiger charge is 2.24. The lowest BCUT2D eigenvalue weighted by atomic mass is 9.89. The summed E-state index contributed by atoms with van der Waals surface area (Å²) < 4.78 is 104. The summed E-state index contributed by atoms with van der Waals surface area (Å²) in [5.74, 6) is 0. The standard InChI is InChI=1S/C20H19N3O9S3.2H3N/c1-10-6-13(9-18(20(10)23)35(30,31)32)19(11-2-4-14(21)16(7-11)33(24,25)26)12-3-5-15(22)17(8-12)34(27,28)29;;/h2-9,23H,21-22H2,1H3,(H,24,25,26)(H,27,28,29)(H,30,31,32);2*1H3. The monoisotopic (exact) mass is 575 g/mol. The number of nitrogens with one attached hydrogen (secondary N) is 1. The molecule has 0 spiro atoms. The summed E-state index contributed by atoms with van der Waals surface area (Å²) in [5.41, 5.74) is 9.90. The maximum absolute atomic E-state index is 11.8. The molecule has 0 aromatic heterocycles. The maximum atomic E-state index is 11.8. The van der Waals surface area contributed by atoms with E-state index in [1.807, 2.05) is 0 Å². The maximum Gasteiger partial charge on any atom is 0.296 e. The Labute approximate surface area is 213 Å². The number of anilines is 2. The van der Waals surface area contributed by atoms with Gasteiger partial charge >= 0.3 is 0 Å². The van der Waals surface area contributed by atoms with E-state index in [-0.39, 0.29) is 51.5 Å². The van der Waals surface area contributed by atoms with Crippen LogP contribution >= 0.6 is 0 Å². The molecule has 14 nitrogen and oxygen atoms in total. The van der Waals surface area contributed by atoms with Crippen molar-refractivity contribution >= 4 is 53.0 Å². The quantitative estimate of drug-likeness (QED) is 0.221. The lowest BCUT2D eigenvalue weighted by Gasteiger charge is -2.22. The first-order valence-electron chi connectivity index (χ1n) is 9.34. The third kappa shape index (κ3) is 6.48. The lowest BCUT2D eigenvalue weighted by Crippen LogP contribution is -2.17. The van der Waals surface area contributed by atoms with Crippen LogP contribution in [0.4, 0.5) is 11.4 Å². The van der Waals surface area contributed by atoms with E-state index in [2.05, 4.69) is 0 Å². The number of nitrogens with two attached hydrogens (primary N) is 2. The van der Waals surface area contributed by atoms with Crippen LogP contribution in [0.3, 0.4) is 0 Å². The molecule has 0 saturated carbocycles. The highest BCUT2D eigenvalue weighted by atomic mass is 32.2. The van der Waals surface area contributed by atoms with Crippen LogP contribution < -0.4 is 23.8 Å². The fraction of sp³-hybridized carbons (Fsp3) is 0.0500. The van der Waals surface area contributed by atoms with Crippen molar-refractivity contribution in [2.24, 2.45) is 0 Å². The van der Waals surface area contributed by atoms with Crippen LogP contribution in [0.1, 0.15) is 18.1 Å². The van der Waals surface area contributed by atoms with E-state index in [9.17, 15) is 38.9 Å². The van der Waals surface area contributed by atoms with Crippen molar-refractivity contribution in [3.63, 3.8) is 0 Å². The lowest BCUT2D eigenvalue weighted by molar-refractivity contribution is 0.463. The van der Waals surface area contributed by atoms with Crippen molar-refractivity contribution in [2.45, 2.75) is 16.7 Å². The highest BCUT2D eigenvalue weighted by molar-refractivity contribution is 7.90. The van der Waals surface area contributed by atoms with Crippen molar-refractivity contribution in [3.05, 3.63) is 75.7 Å². The molecule has 1 aliphatic rings. The summed E-state index contributed by atoms with van der Waals surface area (Å²) in [6, 6.07) is 6.62. The molecule has 0 atom stereocenters. The number of rotatable bonds is 5. The minimum Gasteiger partial charge on any atom is -0.744 e. The summed E-state index contributed by atoms with van der Waals surface area (Å²) in [6.45, 7) is 1.35. The molecule has 0 saturated heterocycles. The molecule has 3 rings (SSSR count). The molecule has 0 amide bonds. The summed E-state index contributed by atoms with van der Waals surface area (Å²) in [7, 11) is -15.0. The van der Waals surface area contributed by atoms with Crippen molar-refractivity contribution in [1.29, 1.82) is 5.41 Å². The average molecular weight is 576 g/mol. The molecule has 0 fully saturated rings. The largest absolute Gasteiger partial charge is 0.744 e. The van der Waals surface area contributed by atoms with E-state index < -0.39 is 50.8 Å². The average Bonchev–Trinajstić information content (AvgIpc) is 2.70. The van der Waals surface area contributed by atoms with Gasteiger partial charge in [0, 0.05) is 5.69 Å². The number of nitrogen functional groups attached to an aromatic ring is 2. The van der Waals surface area contributed by atoms with E-state index >= 15 is 0 Å². The van der Waals surface area contributed by atoms with Gasteiger partial charge in [-0.2, -0.15) is 8.42 Å². The van der Waals surface area contributed by atoms with Gasteiger partial charge in [-0.15, -0.1) is 0 Å². The zero-order valence-electron chi connectivity index (χ0n) is 19.7. The molecule has 0 bridgehead atoms. The molecule has 2 aromatic rings. The topological polar surface area (TPSA) is 318 Å². The van der Waals surface area contributed by atoms with E-state index in [1.165, 1.54) is 25.1 Å². The molecule has 2 aromatic carbocycles. The summed E-state index contributed by atoms with van der Waals surface area (Å²) >= 11 is 0. The van der Waals surface area contributed by atoms with Gasteiger partial charge in [0.25, 0.3) is 10.1 Å². The molecule has 0 heterocycles. The number of quaternary nitrogens is 2. The Morgan fingerprint density at radius 1 is 0.811 bits per heavy atom. The molecule has 202 valence electrons. The van der Waals surface area contributed by atoms with Crippen molar-refractivity contribution in [2.75, 3.05) is 11.5 Å². The SMILES string of the molecule is CC1=C/C(=C(\c2ccc(N)c(S(=O)(=O)[O-])c2)c2ccc(N)c(S(=O)(=O)O)c2)C=C(S(=O)(=O)[O-])C1=N.[NH4+].[NH4+]. The van der Waals surface area contributed by atoms with Gasteiger partial charge in [-0.05, 0) is 71.2 Å². The Morgan fingerprint density at radius 3 is 1.70 bits per heavy atom. The molecule has 14 N–H and O–H groups in total. The highest BCUT2D eigenvalue weighted by Crippen LogP contribution is 2.36. The Balaban J connectivity index is 0.00000342. The van der Waals surface area contributed by atoms with E-state index in [0.29, 0.717) is 0 Å². The fourth-order valence-electron chi connectivity index (χ4n) is 3.42. The van der Waals surface area contributed by atoms with Crippen LogP contribution in [0.25, 0.3) is 5.57 Å². The molecule has 0 unspecified atom stereocenters. The van der Waals surface area contributed by atoms with Gasteiger partial charge in [0.2, 0.25) is 0 Å². The van der Waals surface area contributed by atoms with Crippen LogP contribution in [0.15, 0.2) is 74.4 Å². The van der Waals surface area contributed by atoms with E-state index in [4.69, 9.17) is 16.9 Å².